The van der Waals surface area contributed by atoms with E-state index in [-0.39, 0.29) is 16.2 Å². The molecule has 0 heteroatoms. The second-order valence-corrected chi connectivity index (χ2v) is 10.9. The van der Waals surface area contributed by atoms with E-state index in [0.717, 1.165) is 0 Å². The maximum absolute atomic E-state index is 2.30. The number of rotatable bonds is 6. The molecule has 3 aromatic carbocycles. The van der Waals surface area contributed by atoms with Gasteiger partial charge in [0.2, 0.25) is 0 Å². The summed E-state index contributed by atoms with van der Waals surface area (Å²) in [7, 11) is 0. The van der Waals surface area contributed by atoms with Gasteiger partial charge in [-0.1, -0.05) is 135 Å². The molecule has 1 aliphatic rings. The Labute approximate surface area is 226 Å². The number of hydrogen-bond acceptors (Lipinski definition) is 0. The fraction of sp³-hybridized carbons (Fsp3) is 0.297. The summed E-state index contributed by atoms with van der Waals surface area (Å²) in [6.45, 7) is 17.4. The Morgan fingerprint density at radius 1 is 0.486 bits per heavy atom. The highest BCUT2D eigenvalue weighted by Gasteiger charge is 2.34. The van der Waals surface area contributed by atoms with Gasteiger partial charge in [0, 0.05) is 16.2 Å². The summed E-state index contributed by atoms with van der Waals surface area (Å²) in [5.74, 6) is 0. The lowest BCUT2D eigenvalue weighted by Crippen LogP contribution is -2.18. The van der Waals surface area contributed by atoms with Gasteiger partial charge in [0.05, 0.1) is 0 Å². The molecule has 0 nitrogen and oxygen atoms in total. The van der Waals surface area contributed by atoms with Crippen LogP contribution in [-0.2, 0) is 16.2 Å². The molecule has 0 aliphatic heterocycles. The zero-order chi connectivity index (χ0) is 27.1. The number of fused-ring (bicyclic) bond motifs is 3. The minimum absolute atomic E-state index is 0.0420. The lowest BCUT2D eigenvalue weighted by atomic mass is 9.77. The zero-order valence-corrected chi connectivity index (χ0v) is 24.0. The predicted molar refractivity (Wildman–Crippen MR) is 164 cm³/mol. The molecule has 0 heterocycles. The first-order valence-electron chi connectivity index (χ1n) is 13.5. The SMILES string of the molecule is C/C=C\C(C)(/C=C/C)c1ccc(C(C)(/C=C\C)/C=C/C)cc1.CC1(C)c2ccccc2-c2ccccc21. The summed E-state index contributed by atoms with van der Waals surface area (Å²) in [6.07, 6.45) is 17.5. The van der Waals surface area contributed by atoms with E-state index in [4.69, 9.17) is 0 Å². The van der Waals surface area contributed by atoms with Gasteiger partial charge in [0.15, 0.2) is 0 Å². The van der Waals surface area contributed by atoms with Crippen molar-refractivity contribution >= 4 is 0 Å². The van der Waals surface area contributed by atoms with Gasteiger partial charge in [0.25, 0.3) is 0 Å². The lowest BCUT2D eigenvalue weighted by Gasteiger charge is -2.26. The van der Waals surface area contributed by atoms with Crippen LogP contribution in [-0.4, -0.2) is 0 Å². The van der Waals surface area contributed by atoms with Gasteiger partial charge in [-0.2, -0.15) is 0 Å². The molecule has 1 aliphatic carbocycles. The average Bonchev–Trinajstić information content (AvgIpc) is 3.12. The molecule has 192 valence electrons. The largest absolute Gasteiger partial charge is 0.0905 e. The minimum Gasteiger partial charge on any atom is -0.0905 e. The van der Waals surface area contributed by atoms with Gasteiger partial charge in [-0.3, -0.25) is 0 Å². The molecule has 0 N–H and O–H groups in total. The van der Waals surface area contributed by atoms with Gasteiger partial charge in [-0.05, 0) is 74.9 Å². The van der Waals surface area contributed by atoms with Crippen LogP contribution in [0.5, 0.6) is 0 Å². The summed E-state index contributed by atoms with van der Waals surface area (Å²) < 4.78 is 0. The van der Waals surface area contributed by atoms with Crippen LogP contribution < -0.4 is 0 Å². The van der Waals surface area contributed by atoms with Crippen molar-refractivity contribution in [3.63, 3.8) is 0 Å². The molecule has 0 aromatic heterocycles. The van der Waals surface area contributed by atoms with Gasteiger partial charge in [-0.15, -0.1) is 0 Å². The third-order valence-electron chi connectivity index (χ3n) is 7.67. The van der Waals surface area contributed by atoms with Crippen LogP contribution in [0, 0.1) is 0 Å². The summed E-state index contributed by atoms with van der Waals surface area (Å²) in [5, 5.41) is 0. The normalized spacial score (nSPS) is 17.4. The lowest BCUT2D eigenvalue weighted by molar-refractivity contribution is 0.660. The van der Waals surface area contributed by atoms with E-state index >= 15 is 0 Å². The molecule has 0 saturated carbocycles. The summed E-state index contributed by atoms with van der Waals surface area (Å²) in [5.41, 5.74) is 8.41. The predicted octanol–water partition coefficient (Wildman–Crippen LogP) is 10.5. The van der Waals surface area contributed by atoms with E-state index in [1.54, 1.807) is 0 Å². The topological polar surface area (TPSA) is 0 Å². The minimum atomic E-state index is -0.0420. The highest BCUT2D eigenvalue weighted by atomic mass is 14.4. The fourth-order valence-corrected chi connectivity index (χ4v) is 5.74. The molecular formula is C37H44. The Balaban J connectivity index is 0.000000218. The first-order chi connectivity index (χ1) is 17.7. The first-order valence-corrected chi connectivity index (χ1v) is 13.5. The van der Waals surface area contributed by atoms with Crippen molar-refractivity contribution in [1.82, 2.24) is 0 Å². The smallest absolute Gasteiger partial charge is 0.0283 e. The highest BCUT2D eigenvalue weighted by Crippen LogP contribution is 2.48. The second kappa shape index (κ2) is 11.8. The third-order valence-corrected chi connectivity index (χ3v) is 7.67. The molecule has 0 amide bonds. The molecule has 3 aromatic rings. The zero-order valence-electron chi connectivity index (χ0n) is 24.0. The third kappa shape index (κ3) is 5.80. The molecular weight excluding hydrogens is 444 g/mol. The first kappa shape index (κ1) is 28.2. The van der Waals surface area contributed by atoms with E-state index in [9.17, 15) is 0 Å². The molecule has 0 bridgehead atoms. The van der Waals surface area contributed by atoms with Crippen LogP contribution >= 0.6 is 0 Å². The highest BCUT2D eigenvalue weighted by molar-refractivity contribution is 5.80. The Hall–Kier alpha value is -3.38. The molecule has 0 radical (unpaired) electrons. The van der Waals surface area contributed by atoms with Crippen molar-refractivity contribution in [2.24, 2.45) is 0 Å². The summed E-state index contributed by atoms with van der Waals surface area (Å²) in [4.78, 5) is 0. The number of allylic oxidation sites excluding steroid dienone is 8. The monoisotopic (exact) mass is 488 g/mol. The maximum Gasteiger partial charge on any atom is 0.0283 e. The maximum atomic E-state index is 2.30. The summed E-state index contributed by atoms with van der Waals surface area (Å²) in [6, 6.07) is 26.5. The molecule has 37 heavy (non-hydrogen) atoms. The van der Waals surface area contributed by atoms with Crippen LogP contribution in [0.25, 0.3) is 11.1 Å². The van der Waals surface area contributed by atoms with E-state index in [2.05, 4.69) is 177 Å². The van der Waals surface area contributed by atoms with Crippen molar-refractivity contribution in [2.45, 2.75) is 71.6 Å². The van der Waals surface area contributed by atoms with Crippen molar-refractivity contribution in [2.75, 3.05) is 0 Å². The van der Waals surface area contributed by atoms with Crippen LogP contribution in [0.2, 0.25) is 0 Å². The van der Waals surface area contributed by atoms with E-state index in [1.807, 2.05) is 0 Å². The summed E-state index contributed by atoms with van der Waals surface area (Å²) >= 11 is 0. The van der Waals surface area contributed by atoms with Gasteiger partial charge in [-0.25, -0.2) is 0 Å². The average molecular weight is 489 g/mol. The number of hydrogen-bond donors (Lipinski definition) is 0. The van der Waals surface area contributed by atoms with Gasteiger partial charge < -0.3 is 0 Å². The van der Waals surface area contributed by atoms with Crippen LogP contribution in [0.1, 0.15) is 77.6 Å². The molecule has 2 atom stereocenters. The Morgan fingerprint density at radius 3 is 1.08 bits per heavy atom. The second-order valence-electron chi connectivity index (χ2n) is 10.9. The van der Waals surface area contributed by atoms with E-state index in [0.29, 0.717) is 0 Å². The molecule has 4 rings (SSSR count). The van der Waals surface area contributed by atoms with Crippen molar-refractivity contribution in [1.29, 1.82) is 0 Å². The van der Waals surface area contributed by atoms with Crippen molar-refractivity contribution in [3.8, 4) is 11.1 Å². The standard InChI is InChI=1S/C22H30.C15H14/c1-7-15-21(5,16-8-2)19-11-13-20(14-12-19)22(6,17-9-3)18-10-4;1-15(2)13-9-5-3-7-11(13)12-8-4-6-10-14(12)15/h7-18H,1-6H3;3-10H,1-2H3/b15-7-,16-8+,17-9-,18-10+;. The van der Waals surface area contributed by atoms with Gasteiger partial charge >= 0.3 is 0 Å². The van der Waals surface area contributed by atoms with Crippen LogP contribution in [0.4, 0.5) is 0 Å². The molecule has 0 spiro atoms. The van der Waals surface area contributed by atoms with E-state index < -0.39 is 0 Å². The molecule has 0 saturated heterocycles. The van der Waals surface area contributed by atoms with Crippen LogP contribution in [0.15, 0.2) is 121 Å². The van der Waals surface area contributed by atoms with Crippen molar-refractivity contribution in [3.05, 3.63) is 144 Å². The number of benzene rings is 3. The Morgan fingerprint density at radius 2 is 0.784 bits per heavy atom. The van der Waals surface area contributed by atoms with Crippen molar-refractivity contribution < 1.29 is 0 Å². The Kier molecular flexibility index (Phi) is 8.98. The van der Waals surface area contributed by atoms with Crippen LogP contribution in [0.3, 0.4) is 0 Å². The Bertz CT molecular complexity index is 1170. The van der Waals surface area contributed by atoms with Gasteiger partial charge in [0.1, 0.15) is 0 Å². The molecule has 0 fully saturated rings. The van der Waals surface area contributed by atoms with E-state index in [1.165, 1.54) is 33.4 Å². The quantitative estimate of drug-likeness (QED) is 0.303. The fourth-order valence-electron chi connectivity index (χ4n) is 5.74. The molecule has 2 unspecified atom stereocenters.